The molecule has 4 rings (SSSR count). The molecule has 0 aliphatic heterocycles. The molecule has 0 unspecified atom stereocenters. The van der Waals surface area contributed by atoms with Crippen LogP contribution in [0.1, 0.15) is 15.9 Å². The number of azo groups is 1. The second-order valence-corrected chi connectivity index (χ2v) is 7.17. The highest BCUT2D eigenvalue weighted by molar-refractivity contribution is 5.98. The standard InChI is InChI=1S/C24H20N4O4/c29-17-12-10-15(11-13-17)14-20(26-22(30)16-6-2-1-3-7-16)23(31)28-27-21-18-8-4-5-9-19(18)25-24(21)32/h1-13,20,25,29,32H,14H2,(H,26,30)/t20-/m1/s1. The number of benzene rings is 3. The average Bonchev–Trinajstić information content (AvgIpc) is 3.13. The van der Waals surface area contributed by atoms with Crippen molar-refractivity contribution in [1.29, 1.82) is 0 Å². The monoisotopic (exact) mass is 428 g/mol. The topological polar surface area (TPSA) is 127 Å². The van der Waals surface area contributed by atoms with E-state index >= 15 is 0 Å². The van der Waals surface area contributed by atoms with Gasteiger partial charge in [-0.15, -0.1) is 10.2 Å². The summed E-state index contributed by atoms with van der Waals surface area (Å²) < 4.78 is 0. The Kier molecular flexibility index (Phi) is 5.94. The lowest BCUT2D eigenvalue weighted by atomic mass is 10.0. The van der Waals surface area contributed by atoms with E-state index in [2.05, 4.69) is 20.5 Å². The molecule has 0 aliphatic rings. The van der Waals surface area contributed by atoms with E-state index in [4.69, 9.17) is 0 Å². The predicted molar refractivity (Wildman–Crippen MR) is 119 cm³/mol. The van der Waals surface area contributed by atoms with Crippen LogP contribution in [-0.4, -0.2) is 33.1 Å². The number of rotatable bonds is 6. The largest absolute Gasteiger partial charge is 0.508 e. The summed E-state index contributed by atoms with van der Waals surface area (Å²) in [5.74, 6) is -1.20. The van der Waals surface area contributed by atoms with E-state index in [1.807, 2.05) is 0 Å². The zero-order chi connectivity index (χ0) is 22.5. The van der Waals surface area contributed by atoms with Crippen LogP contribution >= 0.6 is 0 Å². The summed E-state index contributed by atoms with van der Waals surface area (Å²) >= 11 is 0. The second kappa shape index (κ2) is 9.13. The molecule has 0 radical (unpaired) electrons. The number of phenolic OH excluding ortho intramolecular Hbond substituents is 1. The molecular formula is C24H20N4O4. The Morgan fingerprint density at radius 2 is 1.59 bits per heavy atom. The maximum Gasteiger partial charge on any atom is 0.287 e. The number of para-hydroxylation sites is 1. The van der Waals surface area contributed by atoms with Crippen LogP contribution in [0.4, 0.5) is 5.69 Å². The van der Waals surface area contributed by atoms with Gasteiger partial charge in [-0.05, 0) is 35.9 Å². The van der Waals surface area contributed by atoms with Gasteiger partial charge in [-0.3, -0.25) is 9.59 Å². The highest BCUT2D eigenvalue weighted by Gasteiger charge is 2.22. The summed E-state index contributed by atoms with van der Waals surface area (Å²) in [5, 5.41) is 30.7. The lowest BCUT2D eigenvalue weighted by Crippen LogP contribution is -2.41. The summed E-state index contributed by atoms with van der Waals surface area (Å²) in [4.78, 5) is 28.3. The molecule has 32 heavy (non-hydrogen) atoms. The zero-order valence-electron chi connectivity index (χ0n) is 16.9. The van der Waals surface area contributed by atoms with Gasteiger partial charge in [0.1, 0.15) is 11.8 Å². The Hall–Kier alpha value is -4.46. The molecular weight excluding hydrogens is 408 g/mol. The molecule has 8 nitrogen and oxygen atoms in total. The molecule has 1 heterocycles. The van der Waals surface area contributed by atoms with Crippen molar-refractivity contribution in [2.75, 3.05) is 0 Å². The normalized spacial score (nSPS) is 12.1. The lowest BCUT2D eigenvalue weighted by Gasteiger charge is -2.15. The Bertz CT molecular complexity index is 1280. The fourth-order valence-corrected chi connectivity index (χ4v) is 3.28. The summed E-state index contributed by atoms with van der Waals surface area (Å²) in [7, 11) is 0. The fraction of sp³-hybridized carbons (Fsp3) is 0.0833. The van der Waals surface area contributed by atoms with Crippen LogP contribution in [0.25, 0.3) is 10.9 Å². The maximum atomic E-state index is 12.9. The van der Waals surface area contributed by atoms with E-state index in [1.54, 1.807) is 66.7 Å². The van der Waals surface area contributed by atoms with Crippen molar-refractivity contribution in [2.24, 2.45) is 10.2 Å². The van der Waals surface area contributed by atoms with Gasteiger partial charge in [-0.1, -0.05) is 48.5 Å². The van der Waals surface area contributed by atoms with Crippen molar-refractivity contribution >= 4 is 28.4 Å². The van der Waals surface area contributed by atoms with Crippen LogP contribution in [0.5, 0.6) is 11.6 Å². The number of H-pyrrole nitrogens is 1. The minimum absolute atomic E-state index is 0.0967. The number of fused-ring (bicyclic) bond motifs is 1. The number of nitrogens with zero attached hydrogens (tertiary/aromatic N) is 2. The van der Waals surface area contributed by atoms with E-state index in [0.717, 1.165) is 5.56 Å². The number of aromatic amines is 1. The number of aromatic nitrogens is 1. The Morgan fingerprint density at radius 3 is 2.34 bits per heavy atom. The number of nitrogens with one attached hydrogen (secondary N) is 2. The molecule has 1 atom stereocenters. The fourth-order valence-electron chi connectivity index (χ4n) is 3.28. The van der Waals surface area contributed by atoms with Gasteiger partial charge >= 0.3 is 0 Å². The van der Waals surface area contributed by atoms with Crippen molar-refractivity contribution in [3.63, 3.8) is 0 Å². The molecule has 4 N–H and O–H groups in total. The molecule has 0 spiro atoms. The lowest BCUT2D eigenvalue weighted by molar-refractivity contribution is -0.120. The van der Waals surface area contributed by atoms with E-state index in [0.29, 0.717) is 16.5 Å². The third-order valence-corrected chi connectivity index (χ3v) is 4.92. The van der Waals surface area contributed by atoms with Crippen LogP contribution in [0, 0.1) is 0 Å². The van der Waals surface area contributed by atoms with E-state index in [-0.39, 0.29) is 23.7 Å². The smallest absolute Gasteiger partial charge is 0.287 e. The molecule has 3 aromatic carbocycles. The number of phenols is 1. The Labute approximate surface area is 183 Å². The van der Waals surface area contributed by atoms with Crippen molar-refractivity contribution in [1.82, 2.24) is 10.3 Å². The van der Waals surface area contributed by atoms with E-state index in [9.17, 15) is 19.8 Å². The van der Waals surface area contributed by atoms with Crippen LogP contribution in [-0.2, 0) is 11.2 Å². The molecule has 0 saturated carbocycles. The molecule has 160 valence electrons. The minimum atomic E-state index is -0.997. The number of aromatic hydroxyl groups is 2. The van der Waals surface area contributed by atoms with Crippen LogP contribution in [0.2, 0.25) is 0 Å². The van der Waals surface area contributed by atoms with E-state index < -0.39 is 17.9 Å². The third kappa shape index (κ3) is 4.65. The number of hydrogen-bond acceptors (Lipinski definition) is 5. The highest BCUT2D eigenvalue weighted by Crippen LogP contribution is 2.35. The number of hydrogen-bond donors (Lipinski definition) is 4. The molecule has 0 bridgehead atoms. The molecule has 2 amide bonds. The first-order valence-corrected chi connectivity index (χ1v) is 9.90. The number of amides is 2. The second-order valence-electron chi connectivity index (χ2n) is 7.17. The molecule has 0 fully saturated rings. The summed E-state index contributed by atoms with van der Waals surface area (Å²) in [6.07, 6.45) is 0.149. The van der Waals surface area contributed by atoms with Crippen molar-refractivity contribution in [2.45, 2.75) is 12.5 Å². The molecule has 8 heteroatoms. The van der Waals surface area contributed by atoms with Crippen LogP contribution in [0.15, 0.2) is 89.1 Å². The maximum absolute atomic E-state index is 12.9. The summed E-state index contributed by atoms with van der Waals surface area (Å²) in [6, 6.07) is 21.0. The van der Waals surface area contributed by atoms with Gasteiger partial charge in [0.05, 0.1) is 5.52 Å². The van der Waals surface area contributed by atoms with Gasteiger partial charge < -0.3 is 20.5 Å². The zero-order valence-corrected chi connectivity index (χ0v) is 16.9. The van der Waals surface area contributed by atoms with Crippen LogP contribution in [0.3, 0.4) is 0 Å². The molecule has 4 aromatic rings. The van der Waals surface area contributed by atoms with Crippen LogP contribution < -0.4 is 5.32 Å². The first-order chi connectivity index (χ1) is 15.5. The van der Waals surface area contributed by atoms with Gasteiger partial charge in [-0.2, -0.15) is 0 Å². The van der Waals surface area contributed by atoms with Gasteiger partial charge in [0, 0.05) is 17.4 Å². The van der Waals surface area contributed by atoms with Gasteiger partial charge in [0.2, 0.25) is 5.88 Å². The quantitative estimate of drug-likeness (QED) is 0.343. The Morgan fingerprint density at radius 1 is 0.906 bits per heavy atom. The minimum Gasteiger partial charge on any atom is -0.508 e. The first-order valence-electron chi connectivity index (χ1n) is 9.90. The van der Waals surface area contributed by atoms with Crippen molar-refractivity contribution < 1.29 is 19.8 Å². The first kappa shape index (κ1) is 20.8. The number of carbonyl (C=O) groups excluding carboxylic acids is 2. The average molecular weight is 428 g/mol. The van der Waals surface area contributed by atoms with Crippen molar-refractivity contribution in [3.05, 3.63) is 90.0 Å². The van der Waals surface area contributed by atoms with Gasteiger partial charge in [-0.25, -0.2) is 0 Å². The summed E-state index contributed by atoms with van der Waals surface area (Å²) in [5.41, 5.74) is 1.93. The Balaban J connectivity index is 1.59. The highest BCUT2D eigenvalue weighted by atomic mass is 16.3. The number of carbonyl (C=O) groups is 2. The third-order valence-electron chi connectivity index (χ3n) is 4.92. The molecule has 0 saturated heterocycles. The predicted octanol–water partition coefficient (Wildman–Crippen LogP) is 4.23. The SMILES string of the molecule is O=C(N[C@H](Cc1ccc(O)cc1)C(=O)N=Nc1c(O)[nH]c2ccccc12)c1ccccc1. The molecule has 1 aromatic heterocycles. The van der Waals surface area contributed by atoms with E-state index in [1.165, 1.54) is 12.1 Å². The molecule has 0 aliphatic carbocycles. The van der Waals surface area contributed by atoms with Gasteiger partial charge in [0.15, 0.2) is 5.69 Å². The van der Waals surface area contributed by atoms with Gasteiger partial charge in [0.25, 0.3) is 11.8 Å². The van der Waals surface area contributed by atoms with Crippen molar-refractivity contribution in [3.8, 4) is 11.6 Å². The summed E-state index contributed by atoms with van der Waals surface area (Å²) in [6.45, 7) is 0.